The second kappa shape index (κ2) is 4.63. The third-order valence-corrected chi connectivity index (χ3v) is 3.63. The minimum absolute atomic E-state index is 0.0738. The van der Waals surface area contributed by atoms with Gasteiger partial charge in [-0.3, -0.25) is 0 Å². The topological polar surface area (TPSA) is 0 Å². The Kier molecular flexibility index (Phi) is 3.50. The molecule has 1 aliphatic carbocycles. The van der Waals surface area contributed by atoms with E-state index in [2.05, 4.69) is 0 Å². The smallest absolute Gasteiger partial charge is 0.199 e. The number of fused-ring (bicyclic) bond motifs is 1. The summed E-state index contributed by atoms with van der Waals surface area (Å²) in [7, 11) is 0. The molecular formula is C13H11F7. The fourth-order valence-corrected chi connectivity index (χ4v) is 2.45. The first kappa shape index (κ1) is 15.1. The summed E-state index contributed by atoms with van der Waals surface area (Å²) >= 11 is 0. The summed E-state index contributed by atoms with van der Waals surface area (Å²) < 4.78 is 89.7. The highest BCUT2D eigenvalue weighted by Crippen LogP contribution is 2.52. The van der Waals surface area contributed by atoms with Crippen LogP contribution in [0, 0.1) is 5.92 Å². The molecule has 0 saturated heterocycles. The zero-order valence-electron chi connectivity index (χ0n) is 10.2. The Morgan fingerprint density at radius 1 is 0.850 bits per heavy atom. The summed E-state index contributed by atoms with van der Waals surface area (Å²) in [6.45, 7) is 0. The van der Waals surface area contributed by atoms with Crippen LogP contribution in [0.25, 0.3) is 0 Å². The Hall–Kier alpha value is -1.27. The largest absolute Gasteiger partial charge is 0.459 e. The zero-order valence-corrected chi connectivity index (χ0v) is 10.2. The molecule has 0 nitrogen and oxygen atoms in total. The highest BCUT2D eigenvalue weighted by molar-refractivity contribution is 5.30. The molecule has 0 saturated carbocycles. The number of rotatable bonds is 2. The molecule has 0 bridgehead atoms. The highest BCUT2D eigenvalue weighted by atomic mass is 19.4. The van der Waals surface area contributed by atoms with Gasteiger partial charge < -0.3 is 0 Å². The molecule has 7 heteroatoms. The van der Waals surface area contributed by atoms with E-state index >= 15 is 0 Å². The van der Waals surface area contributed by atoms with E-state index in [1.807, 2.05) is 0 Å². The fourth-order valence-electron chi connectivity index (χ4n) is 2.45. The van der Waals surface area contributed by atoms with Gasteiger partial charge in [0.15, 0.2) is 0 Å². The van der Waals surface area contributed by atoms with Crippen molar-refractivity contribution >= 4 is 0 Å². The molecule has 0 radical (unpaired) electrons. The highest BCUT2D eigenvalue weighted by Gasteiger charge is 2.74. The van der Waals surface area contributed by atoms with Crippen LogP contribution in [0.3, 0.4) is 0 Å². The molecule has 0 aromatic heterocycles. The Morgan fingerprint density at radius 2 is 1.40 bits per heavy atom. The van der Waals surface area contributed by atoms with Crippen LogP contribution in [0.5, 0.6) is 0 Å². The van der Waals surface area contributed by atoms with Crippen LogP contribution in [0.15, 0.2) is 24.3 Å². The lowest BCUT2D eigenvalue weighted by Crippen LogP contribution is -2.56. The Balaban J connectivity index is 2.29. The number of aryl methyl sites for hydroxylation is 1. The van der Waals surface area contributed by atoms with Gasteiger partial charge in [-0.05, 0) is 30.4 Å². The number of hydrogen-bond donors (Lipinski definition) is 0. The molecule has 0 amide bonds. The third-order valence-electron chi connectivity index (χ3n) is 3.63. The number of halogens is 7. The first-order valence-corrected chi connectivity index (χ1v) is 5.96. The Labute approximate surface area is 110 Å². The standard InChI is InChI=1S/C13H11F7/c14-11(15,12(16,17)13(18,19)20)10-6-5-8-3-1-2-4-9(8)7-10/h1-4,10H,5-7H2. The number of alkyl halides is 7. The summed E-state index contributed by atoms with van der Waals surface area (Å²) in [5.41, 5.74) is 1.12. The van der Waals surface area contributed by atoms with Gasteiger partial charge in [0.25, 0.3) is 0 Å². The molecule has 0 fully saturated rings. The van der Waals surface area contributed by atoms with E-state index in [0.29, 0.717) is 5.56 Å². The molecule has 0 N–H and O–H groups in total. The first-order chi connectivity index (χ1) is 9.07. The van der Waals surface area contributed by atoms with Crippen molar-refractivity contribution in [2.75, 3.05) is 0 Å². The van der Waals surface area contributed by atoms with E-state index in [-0.39, 0.29) is 6.42 Å². The predicted molar refractivity (Wildman–Crippen MR) is 57.9 cm³/mol. The van der Waals surface area contributed by atoms with Gasteiger partial charge in [0.1, 0.15) is 0 Å². The molecule has 2 rings (SSSR count). The lowest BCUT2D eigenvalue weighted by molar-refractivity contribution is -0.366. The number of hydrogen-bond acceptors (Lipinski definition) is 0. The van der Waals surface area contributed by atoms with Crippen LogP contribution in [-0.4, -0.2) is 18.0 Å². The van der Waals surface area contributed by atoms with Crippen LogP contribution in [0.1, 0.15) is 17.5 Å². The van der Waals surface area contributed by atoms with Gasteiger partial charge in [0, 0.05) is 5.92 Å². The van der Waals surface area contributed by atoms with Crippen molar-refractivity contribution in [3.05, 3.63) is 35.4 Å². The van der Waals surface area contributed by atoms with Crippen LogP contribution >= 0.6 is 0 Å². The molecular weight excluding hydrogens is 289 g/mol. The normalized spacial score (nSPS) is 20.6. The predicted octanol–water partition coefficient (Wildman–Crippen LogP) is 4.62. The van der Waals surface area contributed by atoms with Gasteiger partial charge >= 0.3 is 18.0 Å². The quantitative estimate of drug-likeness (QED) is 0.699. The molecule has 0 aliphatic heterocycles. The lowest BCUT2D eigenvalue weighted by atomic mass is 9.78. The minimum Gasteiger partial charge on any atom is -0.199 e. The zero-order chi connectivity index (χ0) is 15.2. The number of benzene rings is 1. The maximum Gasteiger partial charge on any atom is 0.459 e. The molecule has 1 aromatic rings. The summed E-state index contributed by atoms with van der Waals surface area (Å²) in [6.07, 6.45) is -7.05. The van der Waals surface area contributed by atoms with Crippen molar-refractivity contribution in [1.82, 2.24) is 0 Å². The summed E-state index contributed by atoms with van der Waals surface area (Å²) in [6, 6.07) is 6.35. The molecule has 0 spiro atoms. The Bertz CT molecular complexity index is 490. The molecule has 112 valence electrons. The summed E-state index contributed by atoms with van der Waals surface area (Å²) in [4.78, 5) is 0. The van der Waals surface area contributed by atoms with Gasteiger partial charge in [-0.2, -0.15) is 30.7 Å². The van der Waals surface area contributed by atoms with Gasteiger partial charge in [0.2, 0.25) is 0 Å². The van der Waals surface area contributed by atoms with Crippen molar-refractivity contribution in [2.45, 2.75) is 37.3 Å². The molecule has 1 atom stereocenters. The van der Waals surface area contributed by atoms with Crippen LogP contribution in [0.4, 0.5) is 30.7 Å². The lowest BCUT2D eigenvalue weighted by Gasteiger charge is -2.36. The SMILES string of the molecule is FC(F)(F)C(F)(F)C(F)(F)C1CCc2ccccc2C1. The average molecular weight is 300 g/mol. The molecule has 1 unspecified atom stereocenters. The second-order valence-electron chi connectivity index (χ2n) is 4.90. The van der Waals surface area contributed by atoms with Crippen LogP contribution in [0.2, 0.25) is 0 Å². The Morgan fingerprint density at radius 3 is 1.95 bits per heavy atom. The van der Waals surface area contributed by atoms with E-state index < -0.39 is 36.8 Å². The fraction of sp³-hybridized carbons (Fsp3) is 0.538. The summed E-state index contributed by atoms with van der Waals surface area (Å²) in [5, 5.41) is 0. The van der Waals surface area contributed by atoms with E-state index in [0.717, 1.165) is 5.56 Å². The van der Waals surface area contributed by atoms with Crippen molar-refractivity contribution in [2.24, 2.45) is 5.92 Å². The monoisotopic (exact) mass is 300 g/mol. The van der Waals surface area contributed by atoms with E-state index in [4.69, 9.17) is 0 Å². The van der Waals surface area contributed by atoms with Gasteiger partial charge in [-0.1, -0.05) is 24.3 Å². The minimum atomic E-state index is -6.26. The van der Waals surface area contributed by atoms with Crippen molar-refractivity contribution < 1.29 is 30.7 Å². The molecule has 1 aliphatic rings. The van der Waals surface area contributed by atoms with E-state index in [1.54, 1.807) is 18.2 Å². The molecule has 0 heterocycles. The summed E-state index contributed by atoms with van der Waals surface area (Å²) in [5.74, 6) is -13.1. The second-order valence-corrected chi connectivity index (χ2v) is 4.90. The van der Waals surface area contributed by atoms with Crippen molar-refractivity contribution in [3.63, 3.8) is 0 Å². The van der Waals surface area contributed by atoms with Crippen LogP contribution < -0.4 is 0 Å². The third kappa shape index (κ3) is 2.27. The van der Waals surface area contributed by atoms with Crippen LogP contribution in [-0.2, 0) is 12.8 Å². The van der Waals surface area contributed by atoms with Gasteiger partial charge in [0.05, 0.1) is 0 Å². The molecule has 1 aromatic carbocycles. The molecule has 20 heavy (non-hydrogen) atoms. The van der Waals surface area contributed by atoms with E-state index in [1.165, 1.54) is 6.07 Å². The van der Waals surface area contributed by atoms with Crippen molar-refractivity contribution in [3.8, 4) is 0 Å². The first-order valence-electron chi connectivity index (χ1n) is 5.96. The maximum atomic E-state index is 13.6. The van der Waals surface area contributed by atoms with Gasteiger partial charge in [-0.15, -0.1) is 0 Å². The average Bonchev–Trinajstić information content (AvgIpc) is 2.36. The van der Waals surface area contributed by atoms with Gasteiger partial charge in [-0.25, -0.2) is 0 Å². The maximum absolute atomic E-state index is 13.6. The van der Waals surface area contributed by atoms with Crippen molar-refractivity contribution in [1.29, 1.82) is 0 Å². The van der Waals surface area contributed by atoms with E-state index in [9.17, 15) is 30.7 Å².